The molecule has 4 saturated carbocycles. The third kappa shape index (κ3) is 2.84. The molecule has 0 unspecified atom stereocenters. The zero-order chi connectivity index (χ0) is 16.6. The third-order valence-corrected chi connectivity index (χ3v) is 8.02. The van der Waals surface area contributed by atoms with Crippen LogP contribution in [0.4, 0.5) is 0 Å². The first-order valence-corrected chi connectivity index (χ1v) is 10.2. The summed E-state index contributed by atoms with van der Waals surface area (Å²) in [6.45, 7) is 6.42. The number of hydrogen-bond donors (Lipinski definition) is 1. The molecule has 0 radical (unpaired) electrons. The molecule has 2 nitrogen and oxygen atoms in total. The van der Waals surface area contributed by atoms with Gasteiger partial charge in [-0.25, -0.2) is 0 Å². The van der Waals surface area contributed by atoms with E-state index in [9.17, 15) is 10.4 Å². The van der Waals surface area contributed by atoms with Gasteiger partial charge in [-0.3, -0.25) is 0 Å². The van der Waals surface area contributed by atoms with Crippen molar-refractivity contribution < 1.29 is 5.11 Å². The summed E-state index contributed by atoms with van der Waals surface area (Å²) in [6, 6.07) is 2.63. The van der Waals surface area contributed by atoms with Crippen LogP contribution < -0.4 is 0 Å². The highest BCUT2D eigenvalue weighted by molar-refractivity contribution is 5.09. The van der Waals surface area contributed by atoms with Crippen LogP contribution in [0.3, 0.4) is 0 Å². The Morgan fingerprint density at radius 3 is 2.39 bits per heavy atom. The first-order chi connectivity index (χ1) is 11.1. The predicted molar refractivity (Wildman–Crippen MR) is 93.6 cm³/mol. The molecule has 4 fully saturated rings. The van der Waals surface area contributed by atoms with Gasteiger partial charge in [0, 0.05) is 0 Å². The number of aliphatic hydroxyl groups is 1. The fourth-order valence-electron chi connectivity index (χ4n) is 6.88. The summed E-state index contributed by atoms with van der Waals surface area (Å²) in [5.74, 6) is 4.58. The molecule has 0 aliphatic heterocycles. The molecular formula is C21H35NO. The van der Waals surface area contributed by atoms with E-state index in [1.165, 1.54) is 38.5 Å². The average molecular weight is 318 g/mol. The maximum atomic E-state index is 9.97. The topological polar surface area (TPSA) is 44.0 Å². The Kier molecular flexibility index (Phi) is 5.07. The van der Waals surface area contributed by atoms with Gasteiger partial charge in [0.15, 0.2) is 0 Å². The molecule has 2 heteroatoms. The fraction of sp³-hybridized carbons (Fsp3) is 0.952. The molecule has 1 N–H and O–H groups in total. The van der Waals surface area contributed by atoms with Crippen molar-refractivity contribution in [3.63, 3.8) is 0 Å². The summed E-state index contributed by atoms with van der Waals surface area (Å²) in [4.78, 5) is 0. The molecule has 0 aromatic carbocycles. The Labute approximate surface area is 142 Å². The minimum Gasteiger partial charge on any atom is -0.393 e. The Bertz CT molecular complexity index is 455. The van der Waals surface area contributed by atoms with E-state index in [1.54, 1.807) is 0 Å². The molecule has 0 aromatic heterocycles. The second-order valence-corrected chi connectivity index (χ2v) is 8.79. The van der Waals surface area contributed by atoms with E-state index < -0.39 is 0 Å². The summed E-state index contributed by atoms with van der Waals surface area (Å²) in [5, 5.41) is 19.5. The lowest BCUT2D eigenvalue weighted by molar-refractivity contribution is -0.0630. The lowest BCUT2D eigenvalue weighted by Gasteiger charge is -2.54. The van der Waals surface area contributed by atoms with Gasteiger partial charge in [-0.1, -0.05) is 20.8 Å². The zero-order valence-electron chi connectivity index (χ0n) is 15.3. The van der Waals surface area contributed by atoms with Crippen LogP contribution in [-0.4, -0.2) is 11.2 Å². The van der Waals surface area contributed by atoms with Gasteiger partial charge in [0.1, 0.15) is 0 Å². The molecular weight excluding hydrogens is 282 g/mol. The van der Waals surface area contributed by atoms with Gasteiger partial charge in [-0.2, -0.15) is 5.26 Å². The molecule has 8 atom stereocenters. The summed E-state index contributed by atoms with van der Waals surface area (Å²) in [7, 11) is 0. The maximum Gasteiger partial charge on any atom is 0.0661 e. The van der Waals surface area contributed by atoms with Crippen molar-refractivity contribution >= 4 is 0 Å². The van der Waals surface area contributed by atoms with Crippen molar-refractivity contribution in [3.8, 4) is 6.07 Å². The smallest absolute Gasteiger partial charge is 0.0661 e. The van der Waals surface area contributed by atoms with Crippen LogP contribution >= 0.6 is 0 Å². The molecule has 130 valence electrons. The van der Waals surface area contributed by atoms with Crippen LogP contribution in [0.25, 0.3) is 0 Å². The summed E-state index contributed by atoms with van der Waals surface area (Å²) in [6.07, 6.45) is 11.2. The van der Waals surface area contributed by atoms with E-state index in [4.69, 9.17) is 0 Å². The van der Waals surface area contributed by atoms with E-state index in [0.717, 1.165) is 48.9 Å². The van der Waals surface area contributed by atoms with Crippen LogP contribution in [0.15, 0.2) is 0 Å². The van der Waals surface area contributed by atoms with Crippen molar-refractivity contribution in [1.29, 1.82) is 5.26 Å². The highest BCUT2D eigenvalue weighted by atomic mass is 16.3. The number of fused-ring (bicyclic) bond motifs is 4. The molecule has 0 saturated heterocycles. The Hall–Kier alpha value is -0.550. The molecule has 0 aromatic rings. The molecule has 4 aliphatic rings. The van der Waals surface area contributed by atoms with E-state index in [0.29, 0.717) is 11.3 Å². The standard InChI is InChI=1S/C19H29NO.C2H6/c1-19-10-13-3-2-12-8-16(21)6-7-17(12)18(13)9-14(19)4-5-15(19)11-20;1-2/h12-18,21H,2-10H2,1H3;1-2H3/t12-,13-,14+,15-,16+,17-,18-,19+;/m1./s1. The van der Waals surface area contributed by atoms with Crippen molar-refractivity contribution in [1.82, 2.24) is 0 Å². The van der Waals surface area contributed by atoms with Gasteiger partial charge < -0.3 is 5.11 Å². The fourth-order valence-corrected chi connectivity index (χ4v) is 6.88. The quantitative estimate of drug-likeness (QED) is 0.670. The van der Waals surface area contributed by atoms with Crippen LogP contribution in [0.5, 0.6) is 0 Å². The summed E-state index contributed by atoms with van der Waals surface area (Å²) >= 11 is 0. The number of nitrogens with zero attached hydrogens (tertiary/aromatic N) is 1. The van der Waals surface area contributed by atoms with Crippen LogP contribution in [0, 0.1) is 52.3 Å². The van der Waals surface area contributed by atoms with Gasteiger partial charge >= 0.3 is 0 Å². The number of rotatable bonds is 0. The summed E-state index contributed by atoms with van der Waals surface area (Å²) in [5.41, 5.74) is 0.316. The van der Waals surface area contributed by atoms with Crippen LogP contribution in [0.2, 0.25) is 0 Å². The second-order valence-electron chi connectivity index (χ2n) is 8.79. The number of aliphatic hydroxyl groups excluding tert-OH is 1. The molecule has 4 aliphatic carbocycles. The Balaban J connectivity index is 0.000000753. The SMILES string of the molecule is CC.C[C@]12C[C@H]3CC[C@@H]4C[C@@H](O)CC[C@H]4[C@@H]3C[C@@H]1CC[C@@H]2C#N. The van der Waals surface area contributed by atoms with E-state index in [-0.39, 0.29) is 6.10 Å². The predicted octanol–water partition coefficient (Wildman–Crippen LogP) is 5.17. The van der Waals surface area contributed by atoms with Gasteiger partial charge in [0.05, 0.1) is 18.1 Å². The molecule has 4 rings (SSSR count). The number of hydrogen-bond acceptors (Lipinski definition) is 2. The van der Waals surface area contributed by atoms with Gasteiger partial charge in [-0.05, 0) is 92.8 Å². The zero-order valence-corrected chi connectivity index (χ0v) is 15.3. The average Bonchev–Trinajstić information content (AvgIpc) is 2.89. The van der Waals surface area contributed by atoms with E-state index >= 15 is 0 Å². The van der Waals surface area contributed by atoms with Crippen molar-refractivity contribution in [2.45, 2.75) is 84.7 Å². The molecule has 0 heterocycles. The largest absolute Gasteiger partial charge is 0.393 e. The minimum absolute atomic E-state index is 0.0221. The first-order valence-electron chi connectivity index (χ1n) is 10.2. The van der Waals surface area contributed by atoms with Crippen LogP contribution in [-0.2, 0) is 0 Å². The normalized spacial score (nSPS) is 51.3. The van der Waals surface area contributed by atoms with Crippen molar-refractivity contribution in [2.75, 3.05) is 0 Å². The first kappa shape index (κ1) is 17.3. The van der Waals surface area contributed by atoms with Gasteiger partial charge in [0.25, 0.3) is 0 Å². The van der Waals surface area contributed by atoms with Gasteiger partial charge in [-0.15, -0.1) is 0 Å². The highest BCUT2D eigenvalue weighted by Gasteiger charge is 2.55. The van der Waals surface area contributed by atoms with Crippen LogP contribution in [0.1, 0.15) is 78.6 Å². The molecule has 0 bridgehead atoms. The Morgan fingerprint density at radius 1 is 0.913 bits per heavy atom. The Morgan fingerprint density at radius 2 is 1.65 bits per heavy atom. The van der Waals surface area contributed by atoms with Crippen molar-refractivity contribution in [3.05, 3.63) is 0 Å². The van der Waals surface area contributed by atoms with Crippen molar-refractivity contribution in [2.24, 2.45) is 40.9 Å². The number of nitriles is 1. The molecule has 0 amide bonds. The highest BCUT2D eigenvalue weighted by Crippen LogP contribution is 2.63. The molecule has 23 heavy (non-hydrogen) atoms. The van der Waals surface area contributed by atoms with E-state index in [1.807, 2.05) is 13.8 Å². The maximum absolute atomic E-state index is 9.97. The lowest BCUT2D eigenvalue weighted by atomic mass is 9.50. The second kappa shape index (κ2) is 6.75. The van der Waals surface area contributed by atoms with Gasteiger partial charge in [0.2, 0.25) is 0 Å². The lowest BCUT2D eigenvalue weighted by Crippen LogP contribution is -2.47. The monoisotopic (exact) mass is 317 g/mol. The third-order valence-electron chi connectivity index (χ3n) is 8.02. The summed E-state index contributed by atoms with van der Waals surface area (Å²) < 4.78 is 0. The minimum atomic E-state index is -0.0221. The van der Waals surface area contributed by atoms with E-state index in [2.05, 4.69) is 13.0 Å². The molecule has 0 spiro atoms.